The molecule has 1 aliphatic rings. The van der Waals surface area contributed by atoms with Crippen LogP contribution < -0.4 is 4.90 Å². The molecule has 1 aliphatic heterocycles. The molecule has 1 N–H and O–H groups in total. The van der Waals surface area contributed by atoms with Crippen LogP contribution in [0.15, 0.2) is 34.9 Å². The van der Waals surface area contributed by atoms with Gasteiger partial charge < -0.3 is 24.0 Å². The summed E-state index contributed by atoms with van der Waals surface area (Å²) in [5, 5.41) is 15.0. The number of carbonyl (C=O) groups is 1. The molecule has 8 heteroatoms. The van der Waals surface area contributed by atoms with Crippen LogP contribution in [0, 0.1) is 5.92 Å². The summed E-state index contributed by atoms with van der Waals surface area (Å²) in [7, 11) is 0. The predicted octanol–water partition coefficient (Wildman–Crippen LogP) is 3.34. The van der Waals surface area contributed by atoms with Crippen LogP contribution in [-0.4, -0.2) is 73.2 Å². The highest BCUT2D eigenvalue weighted by molar-refractivity contribution is 5.69. The van der Waals surface area contributed by atoms with E-state index in [1.54, 1.807) is 0 Å². The molecule has 0 spiro atoms. The van der Waals surface area contributed by atoms with Gasteiger partial charge in [-0.15, -0.1) is 0 Å². The van der Waals surface area contributed by atoms with Crippen LogP contribution in [-0.2, 0) is 20.8 Å². The minimum Gasteiger partial charge on any atom is -0.463 e. The second-order valence-corrected chi connectivity index (χ2v) is 8.96. The Kier molecular flexibility index (Phi) is 9.72. The van der Waals surface area contributed by atoms with E-state index in [9.17, 15) is 9.90 Å². The fourth-order valence-electron chi connectivity index (χ4n) is 4.04. The molecule has 1 atom stereocenters. The van der Waals surface area contributed by atoms with E-state index in [4.69, 9.17) is 14.0 Å². The quantitative estimate of drug-likeness (QED) is 0.484. The first-order chi connectivity index (χ1) is 16.0. The molecule has 1 unspecified atom stereocenters. The number of carbonyl (C=O) groups excluding carboxylic acids is 1. The summed E-state index contributed by atoms with van der Waals surface area (Å²) in [6.45, 7) is 10.8. The molecule has 2 aromatic rings. The van der Waals surface area contributed by atoms with Gasteiger partial charge in [0.15, 0.2) is 0 Å². The summed E-state index contributed by atoms with van der Waals surface area (Å²) >= 11 is 0. The maximum absolute atomic E-state index is 11.7. The molecule has 182 valence electrons. The number of esters is 1. The van der Waals surface area contributed by atoms with Crippen molar-refractivity contribution in [1.82, 2.24) is 10.1 Å². The number of aromatic nitrogens is 1. The maximum Gasteiger partial charge on any atom is 0.305 e. The molecule has 0 amide bonds. The Balaban J connectivity index is 1.81. The summed E-state index contributed by atoms with van der Waals surface area (Å²) in [4.78, 5) is 16.1. The van der Waals surface area contributed by atoms with Crippen LogP contribution in [0.25, 0.3) is 11.3 Å². The Morgan fingerprint density at radius 1 is 1.21 bits per heavy atom. The van der Waals surface area contributed by atoms with E-state index in [2.05, 4.69) is 28.8 Å². The Morgan fingerprint density at radius 2 is 1.94 bits per heavy atom. The number of aliphatic hydroxyl groups is 1. The minimum atomic E-state index is -0.767. The molecule has 0 aliphatic carbocycles. The van der Waals surface area contributed by atoms with Crippen LogP contribution in [0.2, 0.25) is 0 Å². The van der Waals surface area contributed by atoms with Crippen molar-refractivity contribution in [1.29, 1.82) is 0 Å². The van der Waals surface area contributed by atoms with Gasteiger partial charge in [0, 0.05) is 44.7 Å². The molecular formula is C25H37N3O5. The smallest absolute Gasteiger partial charge is 0.305 e. The molecule has 2 heterocycles. The van der Waals surface area contributed by atoms with Crippen molar-refractivity contribution in [3.05, 3.63) is 35.9 Å². The second-order valence-electron chi connectivity index (χ2n) is 8.96. The lowest BCUT2D eigenvalue weighted by molar-refractivity contribution is -0.147. The summed E-state index contributed by atoms with van der Waals surface area (Å²) in [6, 6.07) is 10.0. The Bertz CT molecular complexity index is 849. The number of anilines is 1. The van der Waals surface area contributed by atoms with Crippen molar-refractivity contribution in [2.45, 2.75) is 46.3 Å². The highest BCUT2D eigenvalue weighted by Gasteiger charge is 2.26. The van der Waals surface area contributed by atoms with Crippen molar-refractivity contribution in [2.75, 3.05) is 50.9 Å². The normalized spacial score (nSPS) is 15.3. The fraction of sp³-hybridized carbons (Fsp3) is 0.600. The van der Waals surface area contributed by atoms with Crippen LogP contribution in [0.1, 0.15) is 39.2 Å². The zero-order valence-corrected chi connectivity index (χ0v) is 20.0. The summed E-state index contributed by atoms with van der Waals surface area (Å²) < 4.78 is 16.6. The molecule has 3 rings (SSSR count). The van der Waals surface area contributed by atoms with Crippen LogP contribution in [0.4, 0.5) is 5.88 Å². The number of hydrogen-bond donors (Lipinski definition) is 1. The van der Waals surface area contributed by atoms with Crippen molar-refractivity contribution < 1.29 is 23.9 Å². The van der Waals surface area contributed by atoms with Gasteiger partial charge in [0.2, 0.25) is 5.88 Å². The van der Waals surface area contributed by atoms with Gasteiger partial charge in [-0.2, -0.15) is 0 Å². The van der Waals surface area contributed by atoms with Gasteiger partial charge in [-0.1, -0.05) is 56.3 Å². The molecule has 1 aromatic heterocycles. The van der Waals surface area contributed by atoms with Crippen molar-refractivity contribution >= 4 is 11.9 Å². The number of morpholine rings is 1. The standard InChI is InChI=1S/C25H37N3O5/c1-4-8-23(30)32-18-21(29)16-27(15-19(2)3)17-22-24(20-9-6-5-7-10-20)26-33-25(22)28-11-13-31-14-12-28/h5-7,9-10,19,21,29H,4,8,11-18H2,1-3H3. The van der Waals surface area contributed by atoms with E-state index < -0.39 is 6.10 Å². The summed E-state index contributed by atoms with van der Waals surface area (Å²) in [6.07, 6.45) is 0.331. The van der Waals surface area contributed by atoms with Gasteiger partial charge in [-0.25, -0.2) is 0 Å². The average molecular weight is 460 g/mol. The Hall–Kier alpha value is -2.42. The van der Waals surface area contributed by atoms with Crippen LogP contribution in [0.3, 0.4) is 0 Å². The molecule has 33 heavy (non-hydrogen) atoms. The third-order valence-electron chi connectivity index (χ3n) is 5.48. The van der Waals surface area contributed by atoms with E-state index in [0.717, 1.165) is 48.8 Å². The van der Waals surface area contributed by atoms with Gasteiger partial charge in [0.1, 0.15) is 18.4 Å². The van der Waals surface area contributed by atoms with Crippen LogP contribution in [0.5, 0.6) is 0 Å². The van der Waals surface area contributed by atoms with E-state index in [0.29, 0.717) is 38.6 Å². The molecule has 1 saturated heterocycles. The van der Waals surface area contributed by atoms with E-state index in [-0.39, 0.29) is 12.6 Å². The molecule has 1 fully saturated rings. The average Bonchev–Trinajstić information content (AvgIpc) is 3.22. The number of rotatable bonds is 12. The van der Waals surface area contributed by atoms with Crippen LogP contribution >= 0.6 is 0 Å². The number of benzene rings is 1. The van der Waals surface area contributed by atoms with E-state index in [1.165, 1.54) is 0 Å². The van der Waals surface area contributed by atoms with E-state index in [1.807, 2.05) is 37.3 Å². The van der Waals surface area contributed by atoms with Gasteiger partial charge in [0.25, 0.3) is 0 Å². The molecule has 0 bridgehead atoms. The monoisotopic (exact) mass is 459 g/mol. The largest absolute Gasteiger partial charge is 0.463 e. The van der Waals surface area contributed by atoms with E-state index >= 15 is 0 Å². The molecule has 8 nitrogen and oxygen atoms in total. The lowest BCUT2D eigenvalue weighted by Gasteiger charge is -2.29. The lowest BCUT2D eigenvalue weighted by Crippen LogP contribution is -2.39. The number of nitrogens with zero attached hydrogens (tertiary/aromatic N) is 3. The minimum absolute atomic E-state index is 0.00106. The lowest BCUT2D eigenvalue weighted by atomic mass is 10.1. The third kappa shape index (κ3) is 7.55. The molecular weight excluding hydrogens is 422 g/mol. The molecule has 0 radical (unpaired) electrons. The zero-order chi connectivity index (χ0) is 23.6. The molecule has 0 saturated carbocycles. The van der Waals surface area contributed by atoms with Gasteiger partial charge >= 0.3 is 5.97 Å². The summed E-state index contributed by atoms with van der Waals surface area (Å²) in [5.41, 5.74) is 2.81. The van der Waals surface area contributed by atoms with Crippen molar-refractivity contribution in [2.24, 2.45) is 5.92 Å². The highest BCUT2D eigenvalue weighted by Crippen LogP contribution is 2.33. The van der Waals surface area contributed by atoms with Gasteiger partial charge in [-0.3, -0.25) is 9.69 Å². The number of hydrogen-bond acceptors (Lipinski definition) is 8. The topological polar surface area (TPSA) is 88.3 Å². The Labute approximate surface area is 196 Å². The SMILES string of the molecule is CCCC(=O)OCC(O)CN(Cc1c(-c2ccccc2)noc1N1CCOCC1)CC(C)C. The summed E-state index contributed by atoms with van der Waals surface area (Å²) in [5.74, 6) is 0.883. The number of aliphatic hydroxyl groups excluding tert-OH is 1. The van der Waals surface area contributed by atoms with Crippen molar-refractivity contribution in [3.8, 4) is 11.3 Å². The third-order valence-corrected chi connectivity index (χ3v) is 5.48. The predicted molar refractivity (Wildman–Crippen MR) is 127 cm³/mol. The van der Waals surface area contributed by atoms with Gasteiger partial charge in [0.05, 0.1) is 18.8 Å². The zero-order valence-electron chi connectivity index (χ0n) is 20.0. The first kappa shape index (κ1) is 25.2. The number of ether oxygens (including phenoxy) is 2. The Morgan fingerprint density at radius 3 is 2.61 bits per heavy atom. The second kappa shape index (κ2) is 12.7. The molecule has 1 aromatic carbocycles. The fourth-order valence-corrected chi connectivity index (χ4v) is 4.04. The first-order valence-electron chi connectivity index (χ1n) is 11.9. The first-order valence-corrected chi connectivity index (χ1v) is 11.9. The highest BCUT2D eigenvalue weighted by atomic mass is 16.5. The van der Waals surface area contributed by atoms with Gasteiger partial charge in [-0.05, 0) is 12.3 Å². The van der Waals surface area contributed by atoms with Crippen molar-refractivity contribution in [3.63, 3.8) is 0 Å². The maximum atomic E-state index is 11.7.